The summed E-state index contributed by atoms with van der Waals surface area (Å²) in [6, 6.07) is 0.228. The smallest absolute Gasteiger partial charge is 0.237 e. The van der Waals surface area contributed by atoms with E-state index in [1.165, 1.54) is 6.92 Å². The number of carbonyl (C=O) groups is 3. The molecule has 0 aromatic carbocycles. The minimum atomic E-state index is -0.758. The zero-order valence-electron chi connectivity index (χ0n) is 18.0. The zero-order chi connectivity index (χ0) is 21.9. The van der Waals surface area contributed by atoms with Gasteiger partial charge in [-0.25, -0.2) is 0 Å². The molecule has 3 saturated heterocycles. The van der Waals surface area contributed by atoms with Gasteiger partial charge in [0.05, 0.1) is 12.0 Å². The lowest BCUT2D eigenvalue weighted by Gasteiger charge is -2.43. The summed E-state index contributed by atoms with van der Waals surface area (Å²) in [6.45, 7) is 4.67. The second-order valence-corrected chi connectivity index (χ2v) is 9.13. The fourth-order valence-corrected chi connectivity index (χ4v) is 5.39. The standard InChI is InChI=1S/C21H36N5O4/c1-15(27)25(11-10-24-9-3-4-16(12-24)19(22)29)13-18(28)14-26-17-5-2-7-21(26,8-6-17)20(23)30/h2,16-18,28H,3-14H2,1H3,(H2,22,29)(H2,23,30)/t16-,17-,18?,21+/m1/s1. The Morgan fingerprint density at radius 1 is 1.30 bits per heavy atom. The predicted octanol–water partition coefficient (Wildman–Crippen LogP) is -0.920. The minimum Gasteiger partial charge on any atom is -0.390 e. The zero-order valence-corrected chi connectivity index (χ0v) is 18.0. The molecule has 0 aliphatic carbocycles. The van der Waals surface area contributed by atoms with Gasteiger partial charge < -0.3 is 26.4 Å². The second-order valence-electron chi connectivity index (χ2n) is 9.13. The van der Waals surface area contributed by atoms with Crippen molar-refractivity contribution >= 4 is 17.7 Å². The Labute approximate surface area is 178 Å². The molecule has 1 unspecified atom stereocenters. The molecule has 3 aliphatic rings. The molecule has 3 amide bonds. The Morgan fingerprint density at radius 3 is 2.73 bits per heavy atom. The van der Waals surface area contributed by atoms with E-state index in [2.05, 4.69) is 16.2 Å². The maximum Gasteiger partial charge on any atom is 0.237 e. The van der Waals surface area contributed by atoms with Gasteiger partial charge >= 0.3 is 0 Å². The van der Waals surface area contributed by atoms with E-state index in [-0.39, 0.29) is 36.2 Å². The fourth-order valence-electron chi connectivity index (χ4n) is 5.39. The molecule has 2 bridgehead atoms. The molecule has 169 valence electrons. The van der Waals surface area contributed by atoms with Crippen LogP contribution in [-0.4, -0.2) is 94.5 Å². The Morgan fingerprint density at radius 2 is 2.07 bits per heavy atom. The summed E-state index contributed by atoms with van der Waals surface area (Å²) in [7, 11) is 0. The molecule has 0 aromatic heterocycles. The highest BCUT2D eigenvalue weighted by molar-refractivity contribution is 5.85. The molecular weight excluding hydrogens is 386 g/mol. The first-order valence-corrected chi connectivity index (χ1v) is 11.1. The summed E-state index contributed by atoms with van der Waals surface area (Å²) in [4.78, 5) is 41.7. The van der Waals surface area contributed by atoms with Gasteiger partial charge in [0.1, 0.15) is 5.54 Å². The van der Waals surface area contributed by atoms with E-state index in [1.54, 1.807) is 4.90 Å². The van der Waals surface area contributed by atoms with Crippen molar-refractivity contribution in [2.24, 2.45) is 17.4 Å². The van der Waals surface area contributed by atoms with Gasteiger partial charge in [0.15, 0.2) is 0 Å². The van der Waals surface area contributed by atoms with Crippen LogP contribution in [0.2, 0.25) is 0 Å². The van der Waals surface area contributed by atoms with E-state index in [0.717, 1.165) is 38.6 Å². The maximum absolute atomic E-state index is 12.2. The number of aliphatic hydroxyl groups is 1. The van der Waals surface area contributed by atoms with E-state index in [4.69, 9.17) is 11.5 Å². The molecule has 0 spiro atoms. The number of hydrogen-bond acceptors (Lipinski definition) is 6. The number of β-amino-alcohol motifs (C(OH)–C–C–N with tert-alkyl or cyclic N) is 1. The number of aliphatic hydroxyl groups excluding tert-OH is 1. The molecular formula is C21H36N5O4. The summed E-state index contributed by atoms with van der Waals surface area (Å²) < 4.78 is 0. The van der Waals surface area contributed by atoms with Gasteiger partial charge in [-0.2, -0.15) is 0 Å². The quantitative estimate of drug-likeness (QED) is 0.440. The van der Waals surface area contributed by atoms with Crippen molar-refractivity contribution in [1.82, 2.24) is 14.7 Å². The number of fused-ring (bicyclic) bond motifs is 2. The first kappa shape index (κ1) is 23.0. The van der Waals surface area contributed by atoms with Crippen LogP contribution in [-0.2, 0) is 14.4 Å². The van der Waals surface area contributed by atoms with Crippen LogP contribution in [0.1, 0.15) is 45.4 Å². The number of piperidine rings is 2. The summed E-state index contributed by atoms with van der Waals surface area (Å²) in [5.41, 5.74) is 10.5. The van der Waals surface area contributed by atoms with Crippen molar-refractivity contribution in [3.63, 3.8) is 0 Å². The summed E-state index contributed by atoms with van der Waals surface area (Å²) in [6.07, 6.45) is 6.25. The van der Waals surface area contributed by atoms with E-state index < -0.39 is 11.6 Å². The van der Waals surface area contributed by atoms with E-state index in [9.17, 15) is 19.5 Å². The largest absolute Gasteiger partial charge is 0.390 e. The third kappa shape index (κ3) is 4.95. The van der Waals surface area contributed by atoms with Crippen molar-refractivity contribution in [2.45, 2.75) is 63.1 Å². The van der Waals surface area contributed by atoms with Crippen LogP contribution < -0.4 is 11.5 Å². The first-order valence-electron chi connectivity index (χ1n) is 11.1. The Bertz CT molecular complexity index is 655. The van der Waals surface area contributed by atoms with Crippen LogP contribution in [0.15, 0.2) is 0 Å². The van der Waals surface area contributed by atoms with Crippen LogP contribution in [0.5, 0.6) is 0 Å². The van der Waals surface area contributed by atoms with E-state index in [1.807, 2.05) is 0 Å². The number of amides is 3. The number of carbonyl (C=O) groups excluding carboxylic acids is 3. The summed E-state index contributed by atoms with van der Waals surface area (Å²) in [5.74, 6) is -0.829. The topological polar surface area (TPSA) is 133 Å². The molecule has 4 atom stereocenters. The van der Waals surface area contributed by atoms with Gasteiger partial charge in [0.2, 0.25) is 17.7 Å². The van der Waals surface area contributed by atoms with Crippen LogP contribution >= 0.6 is 0 Å². The Hall–Kier alpha value is -1.71. The van der Waals surface area contributed by atoms with Gasteiger partial charge in [0.25, 0.3) is 0 Å². The van der Waals surface area contributed by atoms with Gasteiger partial charge in [-0.05, 0) is 51.5 Å². The Balaban J connectivity index is 1.54. The first-order chi connectivity index (χ1) is 14.2. The predicted molar refractivity (Wildman–Crippen MR) is 112 cm³/mol. The molecule has 3 rings (SSSR count). The molecule has 0 saturated carbocycles. The van der Waals surface area contributed by atoms with Crippen molar-refractivity contribution in [3.05, 3.63) is 6.42 Å². The minimum absolute atomic E-state index is 0.0999. The van der Waals surface area contributed by atoms with Gasteiger partial charge in [-0.1, -0.05) is 0 Å². The highest BCUT2D eigenvalue weighted by Gasteiger charge is 2.53. The van der Waals surface area contributed by atoms with Crippen LogP contribution in [0, 0.1) is 12.3 Å². The highest BCUT2D eigenvalue weighted by atomic mass is 16.3. The summed E-state index contributed by atoms with van der Waals surface area (Å²) >= 11 is 0. The molecule has 30 heavy (non-hydrogen) atoms. The Kier molecular flexibility index (Phi) is 7.36. The maximum atomic E-state index is 12.2. The number of likely N-dealkylation sites (tertiary alicyclic amines) is 1. The molecule has 5 N–H and O–H groups in total. The summed E-state index contributed by atoms with van der Waals surface area (Å²) in [5, 5.41) is 10.8. The number of hydrogen-bond donors (Lipinski definition) is 3. The van der Waals surface area contributed by atoms with Gasteiger partial charge in [-0.15, -0.1) is 0 Å². The monoisotopic (exact) mass is 422 g/mol. The molecule has 0 aromatic rings. The van der Waals surface area contributed by atoms with E-state index >= 15 is 0 Å². The number of rotatable bonds is 9. The molecule has 9 heteroatoms. The lowest BCUT2D eigenvalue weighted by atomic mass is 9.87. The van der Waals surface area contributed by atoms with Crippen LogP contribution in [0.4, 0.5) is 0 Å². The number of primary amides is 2. The average molecular weight is 423 g/mol. The van der Waals surface area contributed by atoms with Crippen LogP contribution in [0.3, 0.4) is 0 Å². The van der Waals surface area contributed by atoms with E-state index in [0.29, 0.717) is 32.6 Å². The van der Waals surface area contributed by atoms with Crippen molar-refractivity contribution in [2.75, 3.05) is 39.3 Å². The lowest BCUT2D eigenvalue weighted by Crippen LogP contribution is -2.60. The molecule has 1 radical (unpaired) electrons. The SMILES string of the molecule is CC(=O)N(CCN1CCC[C@@H](C(N)=O)C1)CC(O)CN1[C@@H]2C[CH]C[C@@]1(C(N)=O)CC2. The number of nitrogens with two attached hydrogens (primary N) is 2. The number of nitrogens with zero attached hydrogens (tertiary/aromatic N) is 3. The lowest BCUT2D eigenvalue weighted by molar-refractivity contribution is -0.134. The molecule has 3 aliphatic heterocycles. The molecule has 3 heterocycles. The van der Waals surface area contributed by atoms with Crippen LogP contribution in [0.25, 0.3) is 0 Å². The second kappa shape index (κ2) is 9.62. The van der Waals surface area contributed by atoms with Crippen molar-refractivity contribution < 1.29 is 19.5 Å². The third-order valence-corrected chi connectivity index (χ3v) is 7.14. The normalized spacial score (nSPS) is 30.7. The van der Waals surface area contributed by atoms with Crippen molar-refractivity contribution in [1.29, 1.82) is 0 Å². The van der Waals surface area contributed by atoms with Crippen molar-refractivity contribution in [3.8, 4) is 0 Å². The fraction of sp³-hybridized carbons (Fsp3) is 0.810. The average Bonchev–Trinajstić information content (AvgIpc) is 2.89. The molecule has 9 nitrogen and oxygen atoms in total. The highest BCUT2D eigenvalue weighted by Crippen LogP contribution is 2.43. The molecule has 3 fully saturated rings. The third-order valence-electron chi connectivity index (χ3n) is 7.14. The van der Waals surface area contributed by atoms with Gasteiger partial charge in [0, 0.05) is 45.7 Å². The van der Waals surface area contributed by atoms with Gasteiger partial charge in [-0.3, -0.25) is 19.3 Å².